The Kier molecular flexibility index (Phi) is 4.72. The highest BCUT2D eigenvalue weighted by molar-refractivity contribution is 5.97. The fourth-order valence-electron chi connectivity index (χ4n) is 1.89. The quantitative estimate of drug-likeness (QED) is 0.682. The molecule has 16 heavy (non-hydrogen) atoms. The first-order chi connectivity index (χ1) is 7.58. The fraction of sp³-hybridized carbons (Fsp3) is 0.533. The van der Waals surface area contributed by atoms with E-state index >= 15 is 0 Å². The summed E-state index contributed by atoms with van der Waals surface area (Å²) in [7, 11) is 0. The summed E-state index contributed by atoms with van der Waals surface area (Å²) in [5.41, 5.74) is 3.38. The number of benzene rings is 1. The summed E-state index contributed by atoms with van der Waals surface area (Å²) in [5.74, 6) is 0.727. The second-order valence-corrected chi connectivity index (χ2v) is 4.72. The van der Waals surface area contributed by atoms with Gasteiger partial charge in [0.2, 0.25) is 0 Å². The number of carbonyl (C=O) groups excluding carboxylic acids is 1. The SMILES string of the molecule is CCc1ccc(CC)c(C(=O)CC(C)C)c1. The lowest BCUT2D eigenvalue weighted by Gasteiger charge is -2.10. The van der Waals surface area contributed by atoms with E-state index in [1.54, 1.807) is 0 Å². The Hall–Kier alpha value is -1.11. The molecule has 88 valence electrons. The van der Waals surface area contributed by atoms with Crippen molar-refractivity contribution < 1.29 is 4.79 Å². The molecule has 1 nitrogen and oxygen atoms in total. The van der Waals surface area contributed by atoms with Crippen LogP contribution in [-0.4, -0.2) is 5.78 Å². The number of Topliss-reactive ketones (excluding diaryl/α,β-unsaturated/α-hetero) is 1. The lowest BCUT2D eigenvalue weighted by Crippen LogP contribution is -2.07. The van der Waals surface area contributed by atoms with Gasteiger partial charge in [0.05, 0.1) is 0 Å². The monoisotopic (exact) mass is 218 g/mol. The third-order valence-corrected chi connectivity index (χ3v) is 2.86. The first-order valence-corrected chi connectivity index (χ1v) is 6.23. The number of hydrogen-bond acceptors (Lipinski definition) is 1. The summed E-state index contributed by atoms with van der Waals surface area (Å²) in [5, 5.41) is 0. The Balaban J connectivity index is 3.03. The summed E-state index contributed by atoms with van der Waals surface area (Å²) >= 11 is 0. The zero-order valence-electron chi connectivity index (χ0n) is 10.8. The summed E-state index contributed by atoms with van der Waals surface area (Å²) in [4.78, 5) is 12.1. The molecule has 1 rings (SSSR count). The molecule has 0 spiro atoms. The average Bonchev–Trinajstić information content (AvgIpc) is 2.27. The van der Waals surface area contributed by atoms with Crippen molar-refractivity contribution in [1.82, 2.24) is 0 Å². The number of carbonyl (C=O) groups is 1. The van der Waals surface area contributed by atoms with Gasteiger partial charge in [0.15, 0.2) is 5.78 Å². The van der Waals surface area contributed by atoms with Crippen LogP contribution in [0.2, 0.25) is 0 Å². The first kappa shape index (κ1) is 13.0. The van der Waals surface area contributed by atoms with Crippen LogP contribution in [0.5, 0.6) is 0 Å². The zero-order valence-corrected chi connectivity index (χ0v) is 10.8. The lowest BCUT2D eigenvalue weighted by molar-refractivity contribution is 0.0967. The van der Waals surface area contributed by atoms with Crippen LogP contribution in [0.1, 0.15) is 55.6 Å². The van der Waals surface area contributed by atoms with E-state index in [0.717, 1.165) is 18.4 Å². The molecule has 0 aliphatic heterocycles. The van der Waals surface area contributed by atoms with Crippen LogP contribution in [0.15, 0.2) is 18.2 Å². The Morgan fingerprint density at radius 1 is 1.19 bits per heavy atom. The minimum atomic E-state index is 0.294. The molecule has 0 bridgehead atoms. The van der Waals surface area contributed by atoms with Crippen molar-refractivity contribution in [3.8, 4) is 0 Å². The third kappa shape index (κ3) is 3.19. The predicted octanol–water partition coefficient (Wildman–Crippen LogP) is 4.04. The molecule has 0 saturated carbocycles. The summed E-state index contributed by atoms with van der Waals surface area (Å²) in [6.07, 6.45) is 2.58. The molecule has 0 aliphatic carbocycles. The highest BCUT2D eigenvalue weighted by Crippen LogP contribution is 2.17. The molecule has 0 saturated heterocycles. The Bertz CT molecular complexity index is 364. The van der Waals surface area contributed by atoms with Gasteiger partial charge < -0.3 is 0 Å². The largest absolute Gasteiger partial charge is 0.294 e. The van der Waals surface area contributed by atoms with Gasteiger partial charge in [0.1, 0.15) is 0 Å². The van der Waals surface area contributed by atoms with Crippen LogP contribution in [0.25, 0.3) is 0 Å². The minimum absolute atomic E-state index is 0.294. The van der Waals surface area contributed by atoms with Gasteiger partial charge in [0.25, 0.3) is 0 Å². The van der Waals surface area contributed by atoms with E-state index in [2.05, 4.69) is 45.9 Å². The molecular weight excluding hydrogens is 196 g/mol. The van der Waals surface area contributed by atoms with Gasteiger partial charge in [-0.05, 0) is 36.0 Å². The van der Waals surface area contributed by atoms with E-state index in [1.807, 2.05) is 0 Å². The predicted molar refractivity (Wildman–Crippen MR) is 69.0 cm³/mol. The molecule has 0 radical (unpaired) electrons. The maximum atomic E-state index is 12.1. The van der Waals surface area contributed by atoms with Crippen molar-refractivity contribution in [2.75, 3.05) is 0 Å². The maximum absolute atomic E-state index is 12.1. The van der Waals surface area contributed by atoms with Gasteiger partial charge in [0, 0.05) is 12.0 Å². The molecule has 0 fully saturated rings. The summed E-state index contributed by atoms with van der Waals surface area (Å²) < 4.78 is 0. The molecule has 0 N–H and O–H groups in total. The highest BCUT2D eigenvalue weighted by Gasteiger charge is 2.12. The van der Waals surface area contributed by atoms with Crippen LogP contribution < -0.4 is 0 Å². The smallest absolute Gasteiger partial charge is 0.163 e. The highest BCUT2D eigenvalue weighted by atomic mass is 16.1. The average molecular weight is 218 g/mol. The van der Waals surface area contributed by atoms with Crippen molar-refractivity contribution >= 4 is 5.78 Å². The summed E-state index contributed by atoms with van der Waals surface area (Å²) in [6, 6.07) is 6.31. The van der Waals surface area contributed by atoms with Crippen LogP contribution in [0, 0.1) is 5.92 Å². The van der Waals surface area contributed by atoms with E-state index < -0.39 is 0 Å². The van der Waals surface area contributed by atoms with Gasteiger partial charge in [-0.2, -0.15) is 0 Å². The molecule has 0 heterocycles. The van der Waals surface area contributed by atoms with Crippen LogP contribution in [0.3, 0.4) is 0 Å². The molecule has 0 aromatic heterocycles. The molecule has 1 aromatic rings. The topological polar surface area (TPSA) is 17.1 Å². The second kappa shape index (κ2) is 5.83. The van der Waals surface area contributed by atoms with Crippen molar-refractivity contribution in [3.05, 3.63) is 34.9 Å². The van der Waals surface area contributed by atoms with Crippen molar-refractivity contribution in [3.63, 3.8) is 0 Å². The molecule has 0 unspecified atom stereocenters. The van der Waals surface area contributed by atoms with Gasteiger partial charge in [-0.1, -0.05) is 39.8 Å². The Morgan fingerprint density at radius 3 is 2.38 bits per heavy atom. The molecular formula is C15H22O. The van der Waals surface area contributed by atoms with Crippen LogP contribution in [-0.2, 0) is 12.8 Å². The van der Waals surface area contributed by atoms with E-state index in [0.29, 0.717) is 18.1 Å². The standard InChI is InChI=1S/C15H22O/c1-5-12-7-8-13(6-2)14(10-12)15(16)9-11(3)4/h7-8,10-11H,5-6,9H2,1-4H3. The molecule has 0 atom stereocenters. The minimum Gasteiger partial charge on any atom is -0.294 e. The number of ketones is 1. The molecule has 1 aromatic carbocycles. The van der Waals surface area contributed by atoms with Gasteiger partial charge in [-0.3, -0.25) is 4.79 Å². The van der Waals surface area contributed by atoms with E-state index in [1.165, 1.54) is 11.1 Å². The molecule has 0 aliphatic rings. The van der Waals surface area contributed by atoms with E-state index in [9.17, 15) is 4.79 Å². The summed E-state index contributed by atoms with van der Waals surface area (Å²) in [6.45, 7) is 8.41. The molecule has 0 amide bonds. The van der Waals surface area contributed by atoms with Gasteiger partial charge >= 0.3 is 0 Å². The molecule has 1 heteroatoms. The number of rotatable bonds is 5. The van der Waals surface area contributed by atoms with E-state index in [-0.39, 0.29) is 0 Å². The van der Waals surface area contributed by atoms with E-state index in [4.69, 9.17) is 0 Å². The zero-order chi connectivity index (χ0) is 12.1. The van der Waals surface area contributed by atoms with Gasteiger partial charge in [-0.25, -0.2) is 0 Å². The van der Waals surface area contributed by atoms with Crippen molar-refractivity contribution in [2.24, 2.45) is 5.92 Å². The van der Waals surface area contributed by atoms with Crippen molar-refractivity contribution in [2.45, 2.75) is 47.0 Å². The van der Waals surface area contributed by atoms with Crippen LogP contribution >= 0.6 is 0 Å². The van der Waals surface area contributed by atoms with Crippen molar-refractivity contribution in [1.29, 1.82) is 0 Å². The Morgan fingerprint density at radius 2 is 1.88 bits per heavy atom. The first-order valence-electron chi connectivity index (χ1n) is 6.23. The number of hydrogen-bond donors (Lipinski definition) is 0. The van der Waals surface area contributed by atoms with Gasteiger partial charge in [-0.15, -0.1) is 0 Å². The fourth-order valence-corrected chi connectivity index (χ4v) is 1.89. The Labute approximate surface area is 98.9 Å². The normalized spacial score (nSPS) is 10.8. The number of aryl methyl sites for hydroxylation is 2. The third-order valence-electron chi connectivity index (χ3n) is 2.86. The maximum Gasteiger partial charge on any atom is 0.163 e. The lowest BCUT2D eigenvalue weighted by atomic mass is 9.94. The second-order valence-electron chi connectivity index (χ2n) is 4.72. The van der Waals surface area contributed by atoms with Crippen LogP contribution in [0.4, 0.5) is 0 Å².